The minimum Gasteiger partial charge on any atom is -0.497 e. The molecule has 0 radical (unpaired) electrons. The minimum atomic E-state index is -0.800. The Morgan fingerprint density at radius 3 is 2.13 bits per heavy atom. The highest BCUT2D eigenvalue weighted by Crippen LogP contribution is 2.28. The Labute approximate surface area is 289 Å². The third-order valence-electron chi connectivity index (χ3n) is 6.31. The number of aliphatic imine (C=N–C) groups is 2. The van der Waals surface area contributed by atoms with Crippen molar-refractivity contribution in [1.29, 1.82) is 0 Å². The summed E-state index contributed by atoms with van der Waals surface area (Å²) in [5, 5.41) is 10.2. The monoisotopic (exact) mass is 715 g/mol. The van der Waals surface area contributed by atoms with Gasteiger partial charge in [-0.2, -0.15) is 0 Å². The first-order valence-electron chi connectivity index (χ1n) is 13.7. The number of pyridine rings is 1. The van der Waals surface area contributed by atoms with Crippen molar-refractivity contribution in [3.05, 3.63) is 30.5 Å². The fourth-order valence-corrected chi connectivity index (χ4v) is 4.17. The molecule has 1 aromatic carbocycles. The number of fused-ring (bicyclic) bond motifs is 1. The molecule has 0 aliphatic carbocycles. The maximum Gasteiger partial charge on any atom is 0.242 e. The molecular weight excluding hydrogens is 668 g/mol. The molecule has 0 fully saturated rings. The van der Waals surface area contributed by atoms with Crippen LogP contribution in [0.4, 0.5) is 5.69 Å². The van der Waals surface area contributed by atoms with Crippen molar-refractivity contribution in [1.82, 2.24) is 15.6 Å². The average molecular weight is 718 g/mol. The molecule has 3 atom stereocenters. The number of anilines is 1. The van der Waals surface area contributed by atoms with Crippen LogP contribution >= 0.6 is 49.6 Å². The van der Waals surface area contributed by atoms with Crippen molar-refractivity contribution in [2.75, 3.05) is 32.1 Å². The van der Waals surface area contributed by atoms with Crippen LogP contribution in [0.15, 0.2) is 40.4 Å². The smallest absolute Gasteiger partial charge is 0.242 e. The SMILES string of the molecule is COc1cc(NC(C)CCCNC(=O)[C@@H](CCCN=C(N)N)NC(=O)[C@H](N)CCCN=C(N)N)c2ncccc2c1.Cl.Cl.Cl.Cl. The number of nitrogens with zero attached hydrogens (tertiary/aromatic N) is 3. The van der Waals surface area contributed by atoms with E-state index in [1.165, 1.54) is 0 Å². The molecular formula is C27H49Cl4N11O3. The van der Waals surface area contributed by atoms with Gasteiger partial charge in [-0.25, -0.2) is 0 Å². The molecule has 45 heavy (non-hydrogen) atoms. The lowest BCUT2D eigenvalue weighted by atomic mass is 10.1. The second kappa shape index (κ2) is 25.1. The van der Waals surface area contributed by atoms with Gasteiger partial charge < -0.3 is 49.4 Å². The number of carbonyl (C=O) groups excluding carboxylic acids is 2. The van der Waals surface area contributed by atoms with E-state index >= 15 is 0 Å². The molecule has 0 saturated carbocycles. The summed E-state index contributed by atoms with van der Waals surface area (Å²) < 4.78 is 5.43. The van der Waals surface area contributed by atoms with E-state index in [0.717, 1.165) is 28.8 Å². The Balaban J connectivity index is -0.00000441. The van der Waals surface area contributed by atoms with Gasteiger partial charge in [0, 0.05) is 43.3 Å². The number of nitrogens with two attached hydrogens (primary N) is 5. The summed E-state index contributed by atoms with van der Waals surface area (Å²) in [5.41, 5.74) is 29.2. The average Bonchev–Trinajstić information content (AvgIpc) is 2.94. The Bertz CT molecular complexity index is 1200. The van der Waals surface area contributed by atoms with Crippen LogP contribution in [0.3, 0.4) is 0 Å². The van der Waals surface area contributed by atoms with Crippen LogP contribution in [0.25, 0.3) is 10.9 Å². The number of amides is 2. The van der Waals surface area contributed by atoms with E-state index in [-0.39, 0.29) is 73.5 Å². The van der Waals surface area contributed by atoms with Crippen LogP contribution in [-0.2, 0) is 9.59 Å². The molecule has 1 unspecified atom stereocenters. The fourth-order valence-electron chi connectivity index (χ4n) is 4.17. The normalized spacial score (nSPS) is 11.8. The number of carbonyl (C=O) groups is 2. The van der Waals surface area contributed by atoms with E-state index in [9.17, 15) is 9.59 Å². The summed E-state index contributed by atoms with van der Waals surface area (Å²) in [6.45, 7) is 3.21. The molecule has 13 N–H and O–H groups in total. The second-order valence-electron chi connectivity index (χ2n) is 9.79. The van der Waals surface area contributed by atoms with E-state index in [1.807, 2.05) is 24.3 Å². The summed E-state index contributed by atoms with van der Waals surface area (Å²) in [4.78, 5) is 38.0. The van der Waals surface area contributed by atoms with Gasteiger partial charge in [0.2, 0.25) is 11.8 Å². The van der Waals surface area contributed by atoms with Crippen LogP contribution in [-0.4, -0.2) is 73.6 Å². The van der Waals surface area contributed by atoms with Crippen molar-refractivity contribution >= 4 is 90.0 Å². The number of nitrogens with one attached hydrogen (secondary N) is 3. The van der Waals surface area contributed by atoms with Crippen molar-refractivity contribution in [3.63, 3.8) is 0 Å². The predicted octanol–water partition coefficient (Wildman–Crippen LogP) is 1.55. The molecule has 0 aliphatic rings. The zero-order valence-electron chi connectivity index (χ0n) is 25.6. The predicted molar refractivity (Wildman–Crippen MR) is 192 cm³/mol. The first kappa shape index (κ1) is 46.3. The molecule has 258 valence electrons. The van der Waals surface area contributed by atoms with Gasteiger partial charge in [-0.3, -0.25) is 24.6 Å². The molecule has 14 nitrogen and oxygen atoms in total. The number of hydrogen-bond acceptors (Lipinski definition) is 8. The van der Waals surface area contributed by atoms with Gasteiger partial charge in [-0.1, -0.05) is 6.07 Å². The van der Waals surface area contributed by atoms with Gasteiger partial charge in [0.1, 0.15) is 11.8 Å². The molecule has 0 aliphatic heterocycles. The van der Waals surface area contributed by atoms with E-state index in [2.05, 4.69) is 37.8 Å². The summed E-state index contributed by atoms with van der Waals surface area (Å²) in [6.07, 6.45) is 5.01. The van der Waals surface area contributed by atoms with Crippen LogP contribution in [0.1, 0.15) is 45.4 Å². The topological polar surface area (TPSA) is 247 Å². The number of hydrogen-bond donors (Lipinski definition) is 8. The molecule has 1 aromatic heterocycles. The first-order valence-corrected chi connectivity index (χ1v) is 13.7. The molecule has 2 rings (SSSR count). The number of methoxy groups -OCH3 is 1. The van der Waals surface area contributed by atoms with E-state index in [1.54, 1.807) is 13.3 Å². The lowest BCUT2D eigenvalue weighted by molar-refractivity contribution is -0.129. The highest BCUT2D eigenvalue weighted by molar-refractivity contribution is 5.92. The number of guanidine groups is 2. The number of benzene rings is 1. The van der Waals surface area contributed by atoms with Gasteiger partial charge in [0.25, 0.3) is 0 Å². The van der Waals surface area contributed by atoms with Gasteiger partial charge in [-0.15, -0.1) is 49.6 Å². The maximum absolute atomic E-state index is 13.0. The zero-order valence-corrected chi connectivity index (χ0v) is 28.8. The zero-order chi connectivity index (χ0) is 30.2. The molecule has 0 bridgehead atoms. The molecule has 18 heteroatoms. The quantitative estimate of drug-likeness (QED) is 0.0628. The largest absolute Gasteiger partial charge is 0.497 e. The lowest BCUT2D eigenvalue weighted by Gasteiger charge is -2.21. The highest BCUT2D eigenvalue weighted by atomic mass is 35.5. The van der Waals surface area contributed by atoms with Crippen LogP contribution in [0.2, 0.25) is 0 Å². The molecule has 2 amide bonds. The summed E-state index contributed by atoms with van der Waals surface area (Å²) >= 11 is 0. The summed E-state index contributed by atoms with van der Waals surface area (Å²) in [6, 6.07) is 6.28. The third kappa shape index (κ3) is 17.8. The minimum absolute atomic E-state index is 0. The van der Waals surface area contributed by atoms with Crippen molar-refractivity contribution < 1.29 is 14.3 Å². The van der Waals surface area contributed by atoms with Crippen LogP contribution < -0.4 is 49.4 Å². The molecule has 0 spiro atoms. The highest BCUT2D eigenvalue weighted by Gasteiger charge is 2.23. The third-order valence-corrected chi connectivity index (χ3v) is 6.31. The van der Waals surface area contributed by atoms with Gasteiger partial charge in [0.15, 0.2) is 11.9 Å². The van der Waals surface area contributed by atoms with Gasteiger partial charge in [-0.05, 0) is 57.6 Å². The number of ether oxygens (including phenoxy) is 1. The Morgan fingerprint density at radius 1 is 0.911 bits per heavy atom. The molecule has 2 aromatic rings. The lowest BCUT2D eigenvalue weighted by Crippen LogP contribution is -2.51. The molecule has 1 heterocycles. The summed E-state index contributed by atoms with van der Waals surface area (Å²) in [7, 11) is 1.63. The molecule has 0 saturated heterocycles. The van der Waals surface area contributed by atoms with Crippen molar-refractivity contribution in [2.24, 2.45) is 38.7 Å². The van der Waals surface area contributed by atoms with Crippen LogP contribution in [0.5, 0.6) is 5.75 Å². The standard InChI is InChI=1S/C27H45N11O3.4ClH/c1-17(37-22-16-19(41-2)15-18-8-4-11-33-23(18)22)7-3-12-34-25(40)21(10-6-14-36-27(31)32)38-24(39)20(28)9-5-13-35-26(29)30;;;;/h4,8,11,15-17,20-21,37H,3,5-7,9-10,12-14,28H2,1-2H3,(H,34,40)(H,38,39)(H4,29,30,35)(H4,31,32,36);4*1H/t17?,20-,21-;;;;/m1..../s1. The van der Waals surface area contributed by atoms with E-state index in [0.29, 0.717) is 51.7 Å². The number of rotatable bonds is 18. The fraction of sp³-hybridized carbons (Fsp3) is 0.519. The maximum atomic E-state index is 13.0. The van der Waals surface area contributed by atoms with Crippen LogP contribution in [0, 0.1) is 0 Å². The first-order chi connectivity index (χ1) is 19.6. The Hall–Kier alpha value is -3.17. The van der Waals surface area contributed by atoms with Gasteiger partial charge in [0.05, 0.1) is 24.4 Å². The van der Waals surface area contributed by atoms with Crippen molar-refractivity contribution in [3.8, 4) is 5.75 Å². The summed E-state index contributed by atoms with van der Waals surface area (Å²) in [5.74, 6) is -0.0170. The number of halogens is 4. The second-order valence-corrected chi connectivity index (χ2v) is 9.79. The van der Waals surface area contributed by atoms with Gasteiger partial charge >= 0.3 is 0 Å². The van der Waals surface area contributed by atoms with E-state index in [4.69, 9.17) is 33.4 Å². The Kier molecular flexibility index (Phi) is 25.8. The number of aromatic nitrogens is 1. The van der Waals surface area contributed by atoms with Crippen molar-refractivity contribution in [2.45, 2.75) is 63.6 Å². The van der Waals surface area contributed by atoms with E-state index < -0.39 is 18.0 Å². The Morgan fingerprint density at radius 2 is 1.53 bits per heavy atom.